The van der Waals surface area contributed by atoms with E-state index in [0.29, 0.717) is 60.7 Å². The number of aliphatic carboxylic acids is 1. The van der Waals surface area contributed by atoms with Crippen LogP contribution in [0.3, 0.4) is 0 Å². The summed E-state index contributed by atoms with van der Waals surface area (Å²) in [6.45, 7) is 2.90. The highest BCUT2D eigenvalue weighted by atomic mass is 16.5. The molecule has 3 heterocycles. The minimum Gasteiger partial charge on any atom is -0.504 e. The molecule has 15 nitrogen and oxygen atoms in total. The van der Waals surface area contributed by atoms with Gasteiger partial charge in [-0.2, -0.15) is 0 Å². The van der Waals surface area contributed by atoms with Crippen LogP contribution >= 0.6 is 0 Å². The van der Waals surface area contributed by atoms with Gasteiger partial charge in [0.25, 0.3) is 0 Å². The van der Waals surface area contributed by atoms with Crippen molar-refractivity contribution in [2.24, 2.45) is 51.6 Å². The molecule has 0 radical (unpaired) electrons. The number of carbonyl (C=O) groups is 1. The Balaban J connectivity index is 0.891. The van der Waals surface area contributed by atoms with E-state index < -0.39 is 41.7 Å². The lowest BCUT2D eigenvalue weighted by Gasteiger charge is -2.70. The number of fused-ring (bicyclic) bond motifs is 2. The molecule has 3 aliphatic heterocycles. The van der Waals surface area contributed by atoms with Gasteiger partial charge in [0.1, 0.15) is 13.3 Å². The number of rotatable bonds is 17. The summed E-state index contributed by atoms with van der Waals surface area (Å²) in [5, 5.41) is 77.2. The van der Waals surface area contributed by atoms with Gasteiger partial charge < -0.3 is 66.0 Å². The molecule has 5 saturated carbocycles. The quantitative estimate of drug-likeness (QED) is 0.0713. The molecule has 0 bridgehead atoms. The molecule has 2 saturated heterocycles. The summed E-state index contributed by atoms with van der Waals surface area (Å²) >= 11 is 0. The number of allylic oxidation sites excluding steroid dienone is 2. The van der Waals surface area contributed by atoms with E-state index in [1.165, 1.54) is 45.6 Å². The third-order valence-electron chi connectivity index (χ3n) is 19.8. The Morgan fingerprint density at radius 3 is 2.54 bits per heavy atom. The summed E-state index contributed by atoms with van der Waals surface area (Å²) in [5.74, 6) is 1.11. The number of phenols is 2. The van der Waals surface area contributed by atoms with E-state index in [1.54, 1.807) is 18.2 Å². The molecule has 8 aliphatic rings. The first kappa shape index (κ1) is 51.2. The van der Waals surface area contributed by atoms with Gasteiger partial charge in [-0.05, 0) is 172 Å². The third-order valence-corrected chi connectivity index (χ3v) is 19.8. The number of aryl methyl sites for hydroxylation is 1. The molecule has 2 spiro atoms. The second kappa shape index (κ2) is 21.2. The number of nitrogens with one attached hydrogen (secondary N) is 3. The lowest BCUT2D eigenvalue weighted by molar-refractivity contribution is -0.203. The standard InChI is InChI=1S/C57H82N4O11/c1-33-28-56-20-6-9-48(56)55(18-3-4-19-55)29-41(36-16-21-59-50(58)26-36)57(56,30-51(65)66)49(61-33)31-70-47-25-37(24-46(69-2)53(47)68)54-40(17-22-62)44(64)27-38(72-54)13-10-34-11-15-43(63)45(23-34)71-32-60-42-14-12-35-7-5-8-39(35)52(42)67/h11,15-16,23-26,33,35,38-42,44,48-49,52,54,59-64,67-68H,3-10,12-14,17-22,27-32,58H2,1-2H3,(H,65,66)/t33-,35-,38+,39+,40+,41+,42-,44+,48-,49+,52-,54-,56-,57-/m1/s1. The van der Waals surface area contributed by atoms with Crippen molar-refractivity contribution in [3.63, 3.8) is 0 Å². The number of aromatic hydroxyl groups is 2. The summed E-state index contributed by atoms with van der Waals surface area (Å²) < 4.78 is 25.6. The highest BCUT2D eigenvalue weighted by molar-refractivity contribution is 5.69. The predicted molar refractivity (Wildman–Crippen MR) is 271 cm³/mol. The van der Waals surface area contributed by atoms with Crippen LogP contribution in [0.2, 0.25) is 0 Å². The van der Waals surface area contributed by atoms with Crippen molar-refractivity contribution in [2.45, 2.75) is 171 Å². The van der Waals surface area contributed by atoms with Crippen molar-refractivity contribution in [1.82, 2.24) is 16.0 Å². The van der Waals surface area contributed by atoms with Crippen LogP contribution in [0.1, 0.15) is 140 Å². The minimum absolute atomic E-state index is 0.0222. The predicted octanol–water partition coefficient (Wildman–Crippen LogP) is 7.08. The van der Waals surface area contributed by atoms with Gasteiger partial charge in [0, 0.05) is 42.6 Å². The number of carboxylic acid groups (broad SMARTS) is 1. The van der Waals surface area contributed by atoms with Gasteiger partial charge in [0.05, 0.1) is 43.8 Å². The Kier molecular flexibility index (Phi) is 15.1. The van der Waals surface area contributed by atoms with Crippen molar-refractivity contribution in [1.29, 1.82) is 0 Å². The Hall–Kier alpha value is -4.25. The van der Waals surface area contributed by atoms with Crippen molar-refractivity contribution in [3.05, 3.63) is 65.0 Å². The molecule has 15 heteroatoms. The van der Waals surface area contributed by atoms with Gasteiger partial charge in [-0.15, -0.1) is 0 Å². The highest BCUT2D eigenvalue weighted by Gasteiger charge is 2.73. The number of hydrogen-bond donors (Lipinski definition) is 10. The highest BCUT2D eigenvalue weighted by Crippen LogP contribution is 2.77. The van der Waals surface area contributed by atoms with E-state index in [0.717, 1.165) is 62.5 Å². The molecular weight excluding hydrogens is 917 g/mol. The van der Waals surface area contributed by atoms with Gasteiger partial charge in [-0.25, -0.2) is 0 Å². The van der Waals surface area contributed by atoms with Crippen molar-refractivity contribution >= 4 is 5.97 Å². The maximum atomic E-state index is 13.5. The molecule has 0 unspecified atom stereocenters. The van der Waals surface area contributed by atoms with E-state index >= 15 is 0 Å². The Labute approximate surface area is 425 Å². The number of phenolic OH excluding ortho intramolecular Hbond substituents is 2. The topological polar surface area (TPSA) is 237 Å². The summed E-state index contributed by atoms with van der Waals surface area (Å²) in [5.41, 5.74) is 8.33. The zero-order valence-electron chi connectivity index (χ0n) is 42.5. The van der Waals surface area contributed by atoms with Gasteiger partial charge in [0.15, 0.2) is 23.0 Å². The number of ether oxygens (including phenoxy) is 4. The number of carboxylic acids is 1. The number of benzene rings is 2. The van der Waals surface area contributed by atoms with Crippen LogP contribution in [-0.2, 0) is 16.0 Å². The number of methoxy groups -OCH3 is 1. The van der Waals surface area contributed by atoms with E-state index in [9.17, 15) is 35.4 Å². The SMILES string of the molecule is COc1cc([C@H]2O[C@@H](CCc3ccc(O)c(OCN[C@@H]4CC[C@H]5CCC[C@@H]5[C@H]4O)c3)C[C@H](O)[C@@H]2CCO)cc(OC[C@@H]2N[C@H](C)C[C@]34CCC[C@@H]3C3(CCCC3)C[C@@H](C3=CCNC(N)=C3)[C@]24CC(=O)O)c1O. The van der Waals surface area contributed by atoms with Gasteiger partial charge in [-0.3, -0.25) is 10.1 Å². The molecule has 2 aromatic carbocycles. The lowest BCUT2D eigenvalue weighted by Crippen LogP contribution is -2.73. The number of piperidine rings is 1. The molecule has 14 atom stereocenters. The normalized spacial score (nSPS) is 36.9. The largest absolute Gasteiger partial charge is 0.504 e. The van der Waals surface area contributed by atoms with Crippen LogP contribution in [-0.4, -0.2) is 107 Å². The zero-order chi connectivity index (χ0) is 50.4. The summed E-state index contributed by atoms with van der Waals surface area (Å²) in [6, 6.07) is 8.44. The van der Waals surface area contributed by atoms with E-state index in [4.69, 9.17) is 24.7 Å². The first-order chi connectivity index (χ1) is 34.8. The van der Waals surface area contributed by atoms with E-state index in [-0.39, 0.29) is 90.7 Å². The minimum atomic E-state index is -0.825. The molecule has 0 aromatic heterocycles. The second-order valence-electron chi connectivity index (χ2n) is 23.4. The third kappa shape index (κ3) is 9.45. The number of aliphatic hydroxyl groups excluding tert-OH is 3. The lowest BCUT2D eigenvalue weighted by atomic mass is 9.36. The van der Waals surface area contributed by atoms with Crippen LogP contribution in [0.25, 0.3) is 0 Å². The molecule has 396 valence electrons. The number of dihydropyridines is 1. The summed E-state index contributed by atoms with van der Waals surface area (Å²) in [4.78, 5) is 13.5. The Morgan fingerprint density at radius 2 is 1.76 bits per heavy atom. The van der Waals surface area contributed by atoms with Crippen LogP contribution in [0.4, 0.5) is 0 Å². The zero-order valence-corrected chi connectivity index (χ0v) is 42.5. The summed E-state index contributed by atoms with van der Waals surface area (Å²) in [7, 11) is 1.48. The molecule has 2 aromatic rings. The smallest absolute Gasteiger partial charge is 0.304 e. The molecule has 72 heavy (non-hydrogen) atoms. The number of hydrogen-bond acceptors (Lipinski definition) is 14. The van der Waals surface area contributed by atoms with Crippen LogP contribution < -0.4 is 35.9 Å². The average molecular weight is 999 g/mol. The fraction of sp³-hybridized carbons (Fsp3) is 0.702. The second-order valence-corrected chi connectivity index (χ2v) is 23.4. The first-order valence-electron chi connectivity index (χ1n) is 27.5. The van der Waals surface area contributed by atoms with Crippen LogP contribution in [0.15, 0.2) is 53.9 Å². The molecule has 10 rings (SSSR count). The molecule has 0 amide bonds. The van der Waals surface area contributed by atoms with Crippen LogP contribution in [0, 0.1) is 45.8 Å². The van der Waals surface area contributed by atoms with Crippen molar-refractivity contribution in [2.75, 3.05) is 33.6 Å². The van der Waals surface area contributed by atoms with Crippen molar-refractivity contribution in [3.8, 4) is 28.7 Å². The Morgan fingerprint density at radius 1 is 0.944 bits per heavy atom. The van der Waals surface area contributed by atoms with E-state index in [2.05, 4.69) is 29.0 Å². The number of aliphatic hydroxyl groups is 3. The molecule has 5 aliphatic carbocycles. The number of nitrogens with two attached hydrogens (primary N) is 1. The fourth-order valence-corrected chi connectivity index (χ4v) is 17.0. The molecular formula is C57H82N4O11. The monoisotopic (exact) mass is 999 g/mol. The molecule has 11 N–H and O–H groups in total. The summed E-state index contributed by atoms with van der Waals surface area (Å²) in [6.07, 6.45) is 18.8. The maximum absolute atomic E-state index is 13.5. The molecule has 7 fully saturated rings. The van der Waals surface area contributed by atoms with Gasteiger partial charge in [-0.1, -0.05) is 44.2 Å². The average Bonchev–Trinajstić information content (AvgIpc) is 4.15. The Bertz CT molecular complexity index is 2320. The maximum Gasteiger partial charge on any atom is 0.304 e. The van der Waals surface area contributed by atoms with E-state index in [1.807, 2.05) is 18.2 Å². The first-order valence-corrected chi connectivity index (χ1v) is 27.5. The van der Waals surface area contributed by atoms with Gasteiger partial charge in [0.2, 0.25) is 5.75 Å². The van der Waals surface area contributed by atoms with Gasteiger partial charge >= 0.3 is 5.97 Å². The fourth-order valence-electron chi connectivity index (χ4n) is 17.0. The van der Waals surface area contributed by atoms with Crippen LogP contribution in [0.5, 0.6) is 28.7 Å². The van der Waals surface area contributed by atoms with Crippen molar-refractivity contribution < 1.29 is 54.4 Å².